The summed E-state index contributed by atoms with van der Waals surface area (Å²) in [6.45, 7) is 2.56. The van der Waals surface area contributed by atoms with Crippen LogP contribution in [0.25, 0.3) is 0 Å². The van der Waals surface area contributed by atoms with Gasteiger partial charge in [-0.2, -0.15) is 0 Å². The first-order chi connectivity index (χ1) is 6.95. The summed E-state index contributed by atoms with van der Waals surface area (Å²) < 4.78 is 7.82. The molecule has 3 rings (SSSR count). The van der Waals surface area contributed by atoms with Crippen LogP contribution in [-0.4, -0.2) is 34.5 Å². The van der Waals surface area contributed by atoms with Gasteiger partial charge in [0, 0.05) is 19.1 Å². The van der Waals surface area contributed by atoms with E-state index in [1.165, 1.54) is 12.8 Å². The van der Waals surface area contributed by atoms with E-state index in [9.17, 15) is 0 Å². The van der Waals surface area contributed by atoms with Crippen molar-refractivity contribution < 1.29 is 4.74 Å². The van der Waals surface area contributed by atoms with Crippen LogP contribution in [0.5, 0.6) is 0 Å². The van der Waals surface area contributed by atoms with E-state index in [1.54, 1.807) is 0 Å². The lowest BCUT2D eigenvalue weighted by Crippen LogP contribution is -2.34. The van der Waals surface area contributed by atoms with E-state index >= 15 is 0 Å². The molecule has 1 aliphatic carbocycles. The Kier molecular flexibility index (Phi) is 1.99. The van der Waals surface area contributed by atoms with Gasteiger partial charge in [-0.25, -0.2) is 0 Å². The summed E-state index contributed by atoms with van der Waals surface area (Å²) >= 11 is 0. The lowest BCUT2D eigenvalue weighted by molar-refractivity contribution is 0.0197. The molecular formula is C9H14N4O. The lowest BCUT2D eigenvalue weighted by Gasteiger charge is -2.23. The fourth-order valence-corrected chi connectivity index (χ4v) is 1.85. The second-order valence-electron chi connectivity index (χ2n) is 3.89. The average molecular weight is 194 g/mol. The number of hydrogen-bond acceptors (Lipinski definition) is 4. The van der Waals surface area contributed by atoms with Crippen LogP contribution in [-0.2, 0) is 4.74 Å². The minimum atomic E-state index is 0.0897. The van der Waals surface area contributed by atoms with Crippen molar-refractivity contribution in [3.63, 3.8) is 0 Å². The second-order valence-corrected chi connectivity index (χ2v) is 3.89. The molecule has 1 atom stereocenters. The number of morpholine rings is 1. The van der Waals surface area contributed by atoms with Crippen LogP contribution in [0.3, 0.4) is 0 Å². The summed E-state index contributed by atoms with van der Waals surface area (Å²) in [5.41, 5.74) is 0. The van der Waals surface area contributed by atoms with E-state index in [0.29, 0.717) is 6.04 Å². The van der Waals surface area contributed by atoms with Crippen LogP contribution in [0.1, 0.15) is 30.8 Å². The minimum Gasteiger partial charge on any atom is -0.368 e. The van der Waals surface area contributed by atoms with E-state index in [0.717, 1.165) is 25.5 Å². The summed E-state index contributed by atoms with van der Waals surface area (Å²) in [6.07, 6.45) is 4.42. The highest BCUT2D eigenvalue weighted by atomic mass is 16.5. The maximum atomic E-state index is 5.66. The largest absolute Gasteiger partial charge is 0.368 e. The van der Waals surface area contributed by atoms with E-state index in [4.69, 9.17) is 4.74 Å². The molecule has 1 N–H and O–H groups in total. The molecule has 1 aromatic rings. The highest BCUT2D eigenvalue weighted by molar-refractivity contribution is 4.99. The van der Waals surface area contributed by atoms with Crippen LogP contribution in [0, 0.1) is 0 Å². The molecule has 2 aliphatic rings. The summed E-state index contributed by atoms with van der Waals surface area (Å²) in [6, 6.07) is 0.630. The maximum absolute atomic E-state index is 5.66. The molecule has 5 nitrogen and oxygen atoms in total. The number of nitrogens with one attached hydrogen (secondary N) is 1. The molecule has 76 valence electrons. The van der Waals surface area contributed by atoms with Gasteiger partial charge in [-0.3, -0.25) is 0 Å². The van der Waals surface area contributed by atoms with Crippen molar-refractivity contribution in [1.82, 2.24) is 20.1 Å². The Morgan fingerprint density at radius 3 is 3.14 bits per heavy atom. The van der Waals surface area contributed by atoms with Crippen molar-refractivity contribution in [3.05, 3.63) is 12.2 Å². The minimum absolute atomic E-state index is 0.0897. The average Bonchev–Trinajstić information content (AvgIpc) is 2.98. The molecule has 1 aromatic heterocycles. The van der Waals surface area contributed by atoms with Crippen molar-refractivity contribution in [2.45, 2.75) is 25.0 Å². The topological polar surface area (TPSA) is 52.0 Å². The van der Waals surface area contributed by atoms with Crippen LogP contribution in [0.4, 0.5) is 0 Å². The Morgan fingerprint density at radius 2 is 2.43 bits per heavy atom. The molecule has 0 amide bonds. The van der Waals surface area contributed by atoms with Crippen LogP contribution < -0.4 is 5.32 Å². The van der Waals surface area contributed by atoms with E-state index in [-0.39, 0.29) is 6.10 Å². The van der Waals surface area contributed by atoms with Gasteiger partial charge in [0.05, 0.1) is 6.61 Å². The quantitative estimate of drug-likeness (QED) is 0.734. The Labute approximate surface area is 82.5 Å². The summed E-state index contributed by atoms with van der Waals surface area (Å²) in [7, 11) is 0. The Bertz CT molecular complexity index is 314. The first-order valence-corrected chi connectivity index (χ1v) is 5.17. The van der Waals surface area contributed by atoms with Gasteiger partial charge in [-0.15, -0.1) is 10.2 Å². The normalized spacial score (nSPS) is 27.9. The van der Waals surface area contributed by atoms with Crippen LogP contribution in [0.2, 0.25) is 0 Å². The molecule has 2 heterocycles. The Morgan fingerprint density at radius 1 is 1.50 bits per heavy atom. The third kappa shape index (κ3) is 1.42. The third-order valence-corrected chi connectivity index (χ3v) is 2.76. The SMILES string of the molecule is c1nnc(C2CNCCO2)n1C1CC1. The first kappa shape index (κ1) is 8.38. The zero-order valence-electron chi connectivity index (χ0n) is 8.02. The van der Waals surface area contributed by atoms with E-state index < -0.39 is 0 Å². The first-order valence-electron chi connectivity index (χ1n) is 5.17. The highest BCUT2D eigenvalue weighted by Gasteiger charge is 2.30. The molecule has 0 spiro atoms. The van der Waals surface area contributed by atoms with Gasteiger partial charge in [0.1, 0.15) is 12.4 Å². The molecule has 0 bridgehead atoms. The van der Waals surface area contributed by atoms with Crippen molar-refractivity contribution >= 4 is 0 Å². The fourth-order valence-electron chi connectivity index (χ4n) is 1.85. The molecule has 0 radical (unpaired) electrons. The van der Waals surface area contributed by atoms with Crippen molar-refractivity contribution in [2.24, 2.45) is 0 Å². The van der Waals surface area contributed by atoms with Gasteiger partial charge in [0.25, 0.3) is 0 Å². The molecule has 1 saturated carbocycles. The van der Waals surface area contributed by atoms with Gasteiger partial charge in [0.2, 0.25) is 0 Å². The van der Waals surface area contributed by atoms with Crippen molar-refractivity contribution in [3.8, 4) is 0 Å². The number of rotatable bonds is 2. The monoisotopic (exact) mass is 194 g/mol. The Balaban J connectivity index is 1.82. The molecule has 0 aromatic carbocycles. The van der Waals surface area contributed by atoms with Crippen molar-refractivity contribution in [1.29, 1.82) is 0 Å². The molecular weight excluding hydrogens is 180 g/mol. The molecule has 14 heavy (non-hydrogen) atoms. The molecule has 1 aliphatic heterocycles. The zero-order valence-corrected chi connectivity index (χ0v) is 8.02. The van der Waals surface area contributed by atoms with E-state index in [1.807, 2.05) is 6.33 Å². The van der Waals surface area contributed by atoms with Crippen LogP contribution >= 0.6 is 0 Å². The van der Waals surface area contributed by atoms with Crippen LogP contribution in [0.15, 0.2) is 6.33 Å². The third-order valence-electron chi connectivity index (χ3n) is 2.76. The number of ether oxygens (including phenoxy) is 1. The van der Waals surface area contributed by atoms with Gasteiger partial charge in [-0.05, 0) is 12.8 Å². The number of hydrogen-bond donors (Lipinski definition) is 1. The standard InChI is InChI=1S/C9H14N4O/c1-2-7(1)13-6-11-12-9(13)8-5-10-3-4-14-8/h6-8,10H,1-5H2. The predicted molar refractivity (Wildman–Crippen MR) is 49.9 cm³/mol. The lowest BCUT2D eigenvalue weighted by atomic mass is 10.3. The smallest absolute Gasteiger partial charge is 0.163 e. The summed E-state index contributed by atoms with van der Waals surface area (Å²) in [5.74, 6) is 0.986. The summed E-state index contributed by atoms with van der Waals surface area (Å²) in [4.78, 5) is 0. The maximum Gasteiger partial charge on any atom is 0.163 e. The fraction of sp³-hybridized carbons (Fsp3) is 0.778. The molecule has 2 fully saturated rings. The van der Waals surface area contributed by atoms with Gasteiger partial charge in [-0.1, -0.05) is 0 Å². The zero-order chi connectivity index (χ0) is 9.38. The molecule has 1 unspecified atom stereocenters. The van der Waals surface area contributed by atoms with Gasteiger partial charge in [0.15, 0.2) is 5.82 Å². The predicted octanol–water partition coefficient (Wildman–Crippen LogP) is 0.274. The highest BCUT2D eigenvalue weighted by Crippen LogP contribution is 2.36. The van der Waals surface area contributed by atoms with Crippen molar-refractivity contribution in [2.75, 3.05) is 19.7 Å². The number of nitrogens with zero attached hydrogens (tertiary/aromatic N) is 3. The molecule has 1 saturated heterocycles. The Hall–Kier alpha value is -0.940. The van der Waals surface area contributed by atoms with Gasteiger partial charge < -0.3 is 14.6 Å². The second kappa shape index (κ2) is 3.33. The number of aromatic nitrogens is 3. The van der Waals surface area contributed by atoms with E-state index in [2.05, 4.69) is 20.1 Å². The van der Waals surface area contributed by atoms with Gasteiger partial charge >= 0.3 is 0 Å². The molecule has 5 heteroatoms. The summed E-state index contributed by atoms with van der Waals surface area (Å²) in [5, 5.41) is 11.4.